The fourth-order valence-corrected chi connectivity index (χ4v) is 3.20. The zero-order chi connectivity index (χ0) is 12.0. The summed E-state index contributed by atoms with van der Waals surface area (Å²) in [7, 11) is 1.80. The van der Waals surface area contributed by atoms with Crippen LogP contribution < -0.4 is 0 Å². The predicted molar refractivity (Wildman–Crippen MR) is 73.3 cm³/mol. The Hall–Kier alpha value is 0.270. The molecule has 0 N–H and O–H groups in total. The van der Waals surface area contributed by atoms with E-state index in [0.717, 1.165) is 18.3 Å². The molecule has 3 heteroatoms. The maximum Gasteiger partial charge on any atom is 0.0503 e. The van der Waals surface area contributed by atoms with E-state index in [0.29, 0.717) is 5.41 Å². The molecule has 0 aliphatic carbocycles. The second kappa shape index (κ2) is 6.87. The molecule has 1 saturated heterocycles. The Morgan fingerprint density at radius 3 is 2.56 bits per heavy atom. The summed E-state index contributed by atoms with van der Waals surface area (Å²) in [5.41, 5.74) is 0.422. The molecule has 1 unspecified atom stereocenters. The molecule has 0 radical (unpaired) electrons. The molecule has 1 atom stereocenters. The van der Waals surface area contributed by atoms with Crippen molar-refractivity contribution in [1.29, 1.82) is 0 Å². The van der Waals surface area contributed by atoms with Gasteiger partial charge in [-0.3, -0.25) is 0 Å². The topological polar surface area (TPSA) is 12.5 Å². The van der Waals surface area contributed by atoms with Crippen molar-refractivity contribution in [3.63, 3.8) is 0 Å². The molecular formula is C13H27NOS. The highest BCUT2D eigenvalue weighted by Gasteiger charge is 2.31. The highest BCUT2D eigenvalue weighted by atomic mass is 32.1. The first-order valence-electron chi connectivity index (χ1n) is 6.52. The number of nitrogens with zero attached hydrogens (tertiary/aromatic N) is 1. The van der Waals surface area contributed by atoms with E-state index in [2.05, 4.69) is 31.4 Å². The highest BCUT2D eigenvalue weighted by Crippen LogP contribution is 2.31. The summed E-state index contributed by atoms with van der Waals surface area (Å²) in [5.74, 6) is 1.75. The number of rotatable bonds is 7. The van der Waals surface area contributed by atoms with Crippen LogP contribution in [0.4, 0.5) is 0 Å². The molecule has 0 aromatic rings. The van der Waals surface area contributed by atoms with Gasteiger partial charge in [0.25, 0.3) is 0 Å². The monoisotopic (exact) mass is 245 g/mol. The molecule has 1 aliphatic rings. The van der Waals surface area contributed by atoms with Gasteiger partial charge < -0.3 is 9.64 Å². The lowest BCUT2D eigenvalue weighted by Gasteiger charge is -2.34. The molecule has 16 heavy (non-hydrogen) atoms. The second-order valence-corrected chi connectivity index (χ2v) is 5.53. The van der Waals surface area contributed by atoms with Gasteiger partial charge in [0.2, 0.25) is 0 Å². The molecule has 0 spiro atoms. The molecule has 1 fully saturated rings. The summed E-state index contributed by atoms with van der Waals surface area (Å²) in [5, 5.41) is 0. The van der Waals surface area contributed by atoms with E-state index < -0.39 is 0 Å². The highest BCUT2D eigenvalue weighted by molar-refractivity contribution is 7.80. The maximum absolute atomic E-state index is 5.24. The van der Waals surface area contributed by atoms with Crippen molar-refractivity contribution in [2.24, 2.45) is 11.3 Å². The van der Waals surface area contributed by atoms with Crippen LogP contribution >= 0.6 is 12.6 Å². The van der Waals surface area contributed by atoms with Gasteiger partial charge in [0.1, 0.15) is 0 Å². The summed E-state index contributed by atoms with van der Waals surface area (Å²) in [6.45, 7) is 9.17. The van der Waals surface area contributed by atoms with Crippen molar-refractivity contribution in [2.75, 3.05) is 39.1 Å². The molecule has 1 aliphatic heterocycles. The molecule has 0 bridgehead atoms. The van der Waals surface area contributed by atoms with Crippen molar-refractivity contribution in [3.05, 3.63) is 0 Å². The van der Waals surface area contributed by atoms with Crippen molar-refractivity contribution in [1.82, 2.24) is 4.90 Å². The lowest BCUT2D eigenvalue weighted by Crippen LogP contribution is -2.37. The van der Waals surface area contributed by atoms with E-state index in [1.165, 1.54) is 38.9 Å². The Bertz CT molecular complexity index is 186. The zero-order valence-electron chi connectivity index (χ0n) is 11.0. The van der Waals surface area contributed by atoms with E-state index in [-0.39, 0.29) is 0 Å². The Morgan fingerprint density at radius 2 is 2.06 bits per heavy atom. The zero-order valence-corrected chi connectivity index (χ0v) is 11.9. The smallest absolute Gasteiger partial charge is 0.0503 e. The Labute approximate surface area is 106 Å². The Kier molecular flexibility index (Phi) is 6.16. The van der Waals surface area contributed by atoms with Crippen LogP contribution in [-0.4, -0.2) is 44.0 Å². The number of methoxy groups -OCH3 is 1. The molecule has 96 valence electrons. The molecule has 1 heterocycles. The third-order valence-corrected chi connectivity index (χ3v) is 4.84. The van der Waals surface area contributed by atoms with Gasteiger partial charge in [-0.25, -0.2) is 0 Å². The van der Waals surface area contributed by atoms with Crippen LogP contribution in [0.25, 0.3) is 0 Å². The lowest BCUT2D eigenvalue weighted by molar-refractivity contribution is 0.140. The number of thiol groups is 1. The summed E-state index contributed by atoms with van der Waals surface area (Å²) in [6, 6.07) is 0. The van der Waals surface area contributed by atoms with Crippen LogP contribution in [0.3, 0.4) is 0 Å². The van der Waals surface area contributed by atoms with Gasteiger partial charge in [0, 0.05) is 20.2 Å². The van der Waals surface area contributed by atoms with Crippen molar-refractivity contribution in [3.8, 4) is 0 Å². The van der Waals surface area contributed by atoms with E-state index in [1.54, 1.807) is 7.11 Å². The third-order valence-electron chi connectivity index (χ3n) is 4.17. The van der Waals surface area contributed by atoms with Crippen molar-refractivity contribution in [2.45, 2.75) is 33.1 Å². The van der Waals surface area contributed by atoms with Gasteiger partial charge in [0.15, 0.2) is 0 Å². The Balaban J connectivity index is 2.42. The standard InChI is InChI=1S/C13H27NOS/c1-4-13(5-2,11-16)10-14-7-6-12(8-14)9-15-3/h12,16H,4-11H2,1-3H3. The average molecular weight is 245 g/mol. The molecule has 0 aromatic carbocycles. The summed E-state index contributed by atoms with van der Waals surface area (Å²) < 4.78 is 5.24. The average Bonchev–Trinajstić information content (AvgIpc) is 2.74. The van der Waals surface area contributed by atoms with Gasteiger partial charge in [0.05, 0.1) is 6.61 Å². The van der Waals surface area contributed by atoms with E-state index in [9.17, 15) is 0 Å². The van der Waals surface area contributed by atoms with Gasteiger partial charge >= 0.3 is 0 Å². The van der Waals surface area contributed by atoms with Crippen LogP contribution in [0, 0.1) is 11.3 Å². The number of hydrogen-bond acceptors (Lipinski definition) is 3. The molecule has 1 rings (SSSR count). The molecule has 0 aromatic heterocycles. The summed E-state index contributed by atoms with van der Waals surface area (Å²) in [4.78, 5) is 2.60. The lowest BCUT2D eigenvalue weighted by atomic mass is 9.84. The first-order valence-corrected chi connectivity index (χ1v) is 7.15. The number of likely N-dealkylation sites (tertiary alicyclic amines) is 1. The first-order chi connectivity index (χ1) is 7.69. The molecule has 0 amide bonds. The predicted octanol–water partition coefficient (Wildman–Crippen LogP) is 2.69. The fourth-order valence-electron chi connectivity index (χ4n) is 2.65. The van der Waals surface area contributed by atoms with Gasteiger partial charge in [-0.2, -0.15) is 12.6 Å². The SMILES string of the molecule is CCC(CC)(CS)CN1CCC(COC)C1. The van der Waals surface area contributed by atoms with Crippen LogP contribution in [0.1, 0.15) is 33.1 Å². The Morgan fingerprint density at radius 1 is 1.38 bits per heavy atom. The minimum Gasteiger partial charge on any atom is -0.384 e. The van der Waals surface area contributed by atoms with Gasteiger partial charge in [-0.15, -0.1) is 0 Å². The first kappa shape index (κ1) is 14.3. The third kappa shape index (κ3) is 3.64. The van der Waals surface area contributed by atoms with Gasteiger partial charge in [-0.05, 0) is 42.9 Å². The van der Waals surface area contributed by atoms with E-state index in [4.69, 9.17) is 4.74 Å². The van der Waals surface area contributed by atoms with Crippen LogP contribution in [0.2, 0.25) is 0 Å². The van der Waals surface area contributed by atoms with Gasteiger partial charge in [-0.1, -0.05) is 13.8 Å². The quantitative estimate of drug-likeness (QED) is 0.692. The second-order valence-electron chi connectivity index (χ2n) is 5.21. The summed E-state index contributed by atoms with van der Waals surface area (Å²) in [6.07, 6.45) is 3.76. The van der Waals surface area contributed by atoms with Crippen molar-refractivity contribution < 1.29 is 4.74 Å². The molecule has 2 nitrogen and oxygen atoms in total. The fraction of sp³-hybridized carbons (Fsp3) is 1.00. The maximum atomic E-state index is 5.24. The molecular weight excluding hydrogens is 218 g/mol. The van der Waals surface area contributed by atoms with Crippen molar-refractivity contribution >= 4 is 12.6 Å². The normalized spacial score (nSPS) is 22.9. The van der Waals surface area contributed by atoms with Crippen LogP contribution in [0.15, 0.2) is 0 Å². The van der Waals surface area contributed by atoms with Crippen LogP contribution in [-0.2, 0) is 4.74 Å². The minimum absolute atomic E-state index is 0.422. The summed E-state index contributed by atoms with van der Waals surface area (Å²) >= 11 is 4.55. The number of ether oxygens (including phenoxy) is 1. The largest absolute Gasteiger partial charge is 0.384 e. The number of hydrogen-bond donors (Lipinski definition) is 1. The molecule has 0 saturated carbocycles. The van der Waals surface area contributed by atoms with E-state index >= 15 is 0 Å². The van der Waals surface area contributed by atoms with Crippen LogP contribution in [0.5, 0.6) is 0 Å². The van der Waals surface area contributed by atoms with E-state index in [1.807, 2.05) is 0 Å². The minimum atomic E-state index is 0.422.